The monoisotopic (exact) mass is 238 g/mol. The SMILES string of the molecule is O=C1CCCN(CC(=O)N2CCCCCC2)C1. The van der Waals surface area contributed by atoms with E-state index in [1.807, 2.05) is 9.80 Å². The number of rotatable bonds is 2. The first-order valence-electron chi connectivity index (χ1n) is 6.77. The Bertz CT molecular complexity index is 283. The maximum absolute atomic E-state index is 12.1. The van der Waals surface area contributed by atoms with Crippen LogP contribution in [-0.2, 0) is 9.59 Å². The molecule has 0 unspecified atom stereocenters. The molecule has 17 heavy (non-hydrogen) atoms. The van der Waals surface area contributed by atoms with Crippen molar-refractivity contribution in [3.8, 4) is 0 Å². The van der Waals surface area contributed by atoms with E-state index >= 15 is 0 Å². The molecule has 0 radical (unpaired) electrons. The Hall–Kier alpha value is -0.900. The first kappa shape index (κ1) is 12.6. The number of hydrogen-bond acceptors (Lipinski definition) is 3. The summed E-state index contributed by atoms with van der Waals surface area (Å²) >= 11 is 0. The molecule has 0 saturated carbocycles. The van der Waals surface area contributed by atoms with E-state index in [1.165, 1.54) is 12.8 Å². The number of Topliss-reactive ketones (excluding diaryl/α,β-unsaturated/α-hetero) is 1. The first-order valence-corrected chi connectivity index (χ1v) is 6.77. The number of ketones is 1. The number of nitrogens with zero attached hydrogens (tertiary/aromatic N) is 2. The van der Waals surface area contributed by atoms with Crippen LogP contribution in [0.25, 0.3) is 0 Å². The van der Waals surface area contributed by atoms with E-state index in [0.29, 0.717) is 19.5 Å². The Morgan fingerprint density at radius 2 is 1.71 bits per heavy atom. The molecule has 2 aliphatic heterocycles. The lowest BCUT2D eigenvalue weighted by molar-refractivity contribution is -0.133. The highest BCUT2D eigenvalue weighted by Crippen LogP contribution is 2.11. The average molecular weight is 238 g/mol. The lowest BCUT2D eigenvalue weighted by Crippen LogP contribution is -2.44. The van der Waals surface area contributed by atoms with E-state index in [-0.39, 0.29) is 11.7 Å². The van der Waals surface area contributed by atoms with Gasteiger partial charge in [0, 0.05) is 19.5 Å². The fourth-order valence-corrected chi connectivity index (χ4v) is 2.65. The second-order valence-corrected chi connectivity index (χ2v) is 5.15. The zero-order valence-corrected chi connectivity index (χ0v) is 10.5. The minimum absolute atomic E-state index is 0.210. The van der Waals surface area contributed by atoms with Gasteiger partial charge in [-0.2, -0.15) is 0 Å². The van der Waals surface area contributed by atoms with Gasteiger partial charge >= 0.3 is 0 Å². The summed E-state index contributed by atoms with van der Waals surface area (Å²) in [7, 11) is 0. The van der Waals surface area contributed by atoms with Gasteiger partial charge in [-0.1, -0.05) is 12.8 Å². The minimum atomic E-state index is 0.210. The summed E-state index contributed by atoms with van der Waals surface area (Å²) in [4.78, 5) is 27.4. The van der Waals surface area contributed by atoms with Gasteiger partial charge in [0.25, 0.3) is 0 Å². The predicted molar refractivity (Wildman–Crippen MR) is 65.7 cm³/mol. The standard InChI is InChI=1S/C13H22N2O2/c16-12-6-5-7-14(10-12)11-13(17)15-8-3-1-2-4-9-15/h1-11H2. The molecule has 0 aromatic carbocycles. The Balaban J connectivity index is 1.80. The lowest BCUT2D eigenvalue weighted by Gasteiger charge is -2.28. The normalized spacial score (nSPS) is 23.5. The van der Waals surface area contributed by atoms with E-state index in [1.54, 1.807) is 0 Å². The quantitative estimate of drug-likeness (QED) is 0.722. The highest BCUT2D eigenvalue weighted by atomic mass is 16.2. The molecule has 2 heterocycles. The van der Waals surface area contributed by atoms with Crippen molar-refractivity contribution in [1.29, 1.82) is 0 Å². The van der Waals surface area contributed by atoms with Gasteiger partial charge in [-0.3, -0.25) is 14.5 Å². The van der Waals surface area contributed by atoms with Crippen molar-refractivity contribution in [1.82, 2.24) is 9.80 Å². The molecule has 0 aromatic heterocycles. The van der Waals surface area contributed by atoms with Crippen LogP contribution in [0.1, 0.15) is 38.5 Å². The molecule has 0 bridgehead atoms. The Morgan fingerprint density at radius 3 is 2.35 bits per heavy atom. The van der Waals surface area contributed by atoms with Gasteiger partial charge in [0.2, 0.25) is 5.91 Å². The van der Waals surface area contributed by atoms with Crippen molar-refractivity contribution in [2.24, 2.45) is 0 Å². The van der Waals surface area contributed by atoms with E-state index in [2.05, 4.69) is 0 Å². The summed E-state index contributed by atoms with van der Waals surface area (Å²) in [5, 5.41) is 0. The molecule has 96 valence electrons. The summed E-state index contributed by atoms with van der Waals surface area (Å²) in [6.45, 7) is 3.61. The maximum Gasteiger partial charge on any atom is 0.236 e. The van der Waals surface area contributed by atoms with Gasteiger partial charge in [-0.25, -0.2) is 0 Å². The molecule has 2 rings (SSSR count). The largest absolute Gasteiger partial charge is 0.342 e. The Morgan fingerprint density at radius 1 is 1.00 bits per heavy atom. The van der Waals surface area contributed by atoms with Gasteiger partial charge in [0.15, 0.2) is 0 Å². The number of carbonyl (C=O) groups is 2. The Labute approximate surface area is 103 Å². The second kappa shape index (κ2) is 6.15. The molecule has 2 saturated heterocycles. The van der Waals surface area contributed by atoms with Crippen LogP contribution in [0.3, 0.4) is 0 Å². The van der Waals surface area contributed by atoms with Crippen molar-refractivity contribution in [2.75, 3.05) is 32.7 Å². The molecule has 2 aliphatic rings. The van der Waals surface area contributed by atoms with Crippen LogP contribution in [0.2, 0.25) is 0 Å². The zero-order chi connectivity index (χ0) is 12.1. The van der Waals surface area contributed by atoms with Gasteiger partial charge in [-0.05, 0) is 25.8 Å². The fourth-order valence-electron chi connectivity index (χ4n) is 2.65. The maximum atomic E-state index is 12.1. The molecule has 0 aromatic rings. The summed E-state index contributed by atoms with van der Waals surface area (Å²) < 4.78 is 0. The van der Waals surface area contributed by atoms with Crippen LogP contribution in [0, 0.1) is 0 Å². The third kappa shape index (κ3) is 3.80. The summed E-state index contributed by atoms with van der Waals surface area (Å²) in [5.74, 6) is 0.488. The molecule has 0 N–H and O–H groups in total. The third-order valence-corrected chi connectivity index (χ3v) is 3.65. The Kier molecular flexibility index (Phi) is 4.54. The van der Waals surface area contributed by atoms with Gasteiger partial charge in [-0.15, -0.1) is 0 Å². The van der Waals surface area contributed by atoms with Crippen molar-refractivity contribution in [2.45, 2.75) is 38.5 Å². The van der Waals surface area contributed by atoms with Crippen LogP contribution in [0.15, 0.2) is 0 Å². The molecule has 4 heteroatoms. The highest BCUT2D eigenvalue weighted by molar-refractivity contribution is 5.83. The summed E-state index contributed by atoms with van der Waals surface area (Å²) in [5.41, 5.74) is 0. The highest BCUT2D eigenvalue weighted by Gasteiger charge is 2.22. The van der Waals surface area contributed by atoms with Crippen LogP contribution in [0.4, 0.5) is 0 Å². The van der Waals surface area contributed by atoms with Crippen molar-refractivity contribution >= 4 is 11.7 Å². The number of amides is 1. The smallest absolute Gasteiger partial charge is 0.236 e. The van der Waals surface area contributed by atoms with Gasteiger partial charge in [0.05, 0.1) is 13.1 Å². The van der Waals surface area contributed by atoms with E-state index in [0.717, 1.165) is 38.9 Å². The molecule has 4 nitrogen and oxygen atoms in total. The second-order valence-electron chi connectivity index (χ2n) is 5.15. The number of carbonyl (C=O) groups excluding carboxylic acids is 2. The summed E-state index contributed by atoms with van der Waals surface area (Å²) in [6, 6.07) is 0. The molecule has 2 fully saturated rings. The first-order chi connectivity index (χ1) is 8.25. The minimum Gasteiger partial charge on any atom is -0.342 e. The molecule has 0 aliphatic carbocycles. The van der Waals surface area contributed by atoms with Gasteiger partial charge in [0.1, 0.15) is 5.78 Å². The molecule has 0 atom stereocenters. The van der Waals surface area contributed by atoms with Crippen molar-refractivity contribution in [3.05, 3.63) is 0 Å². The topological polar surface area (TPSA) is 40.6 Å². The zero-order valence-electron chi connectivity index (χ0n) is 10.5. The average Bonchev–Trinajstić information content (AvgIpc) is 2.57. The number of likely N-dealkylation sites (tertiary alicyclic amines) is 2. The number of hydrogen-bond donors (Lipinski definition) is 0. The van der Waals surface area contributed by atoms with Crippen LogP contribution in [-0.4, -0.2) is 54.2 Å². The van der Waals surface area contributed by atoms with Crippen molar-refractivity contribution in [3.63, 3.8) is 0 Å². The fraction of sp³-hybridized carbons (Fsp3) is 0.846. The molecular weight excluding hydrogens is 216 g/mol. The predicted octanol–water partition coefficient (Wildman–Crippen LogP) is 1.05. The molecular formula is C13H22N2O2. The molecule has 1 amide bonds. The molecule has 0 spiro atoms. The number of piperidine rings is 1. The van der Waals surface area contributed by atoms with Crippen LogP contribution >= 0.6 is 0 Å². The summed E-state index contributed by atoms with van der Waals surface area (Å²) in [6.07, 6.45) is 6.34. The van der Waals surface area contributed by atoms with E-state index in [4.69, 9.17) is 0 Å². The van der Waals surface area contributed by atoms with Crippen molar-refractivity contribution < 1.29 is 9.59 Å². The van der Waals surface area contributed by atoms with Crippen LogP contribution < -0.4 is 0 Å². The van der Waals surface area contributed by atoms with E-state index in [9.17, 15) is 9.59 Å². The van der Waals surface area contributed by atoms with Crippen LogP contribution in [0.5, 0.6) is 0 Å². The lowest BCUT2D eigenvalue weighted by atomic mass is 10.1. The van der Waals surface area contributed by atoms with E-state index < -0.39 is 0 Å². The third-order valence-electron chi connectivity index (χ3n) is 3.65. The van der Waals surface area contributed by atoms with Gasteiger partial charge < -0.3 is 4.90 Å².